The van der Waals surface area contributed by atoms with Gasteiger partial charge in [-0.15, -0.1) is 0 Å². The van der Waals surface area contributed by atoms with E-state index in [2.05, 4.69) is 0 Å². The average Bonchev–Trinajstić information content (AvgIpc) is 2.00. The second kappa shape index (κ2) is 6.33. The summed E-state index contributed by atoms with van der Waals surface area (Å²) < 4.78 is 0. The standard InChI is InChI=1S/C6H11NO5.Na.H/c1-3(5(8)9)7(12)4(2)6(10)11;;/h3-4,12H,1-2H3,(H,8,9)(H,10,11);;. The zero-order valence-corrected chi connectivity index (χ0v) is 6.76. The molecule has 3 N–H and O–H groups in total. The van der Waals surface area contributed by atoms with E-state index in [4.69, 9.17) is 15.4 Å². The van der Waals surface area contributed by atoms with E-state index in [-0.39, 0.29) is 34.6 Å². The number of hydrogen-bond donors (Lipinski definition) is 3. The molecule has 0 saturated heterocycles. The number of nitrogens with zero attached hydrogens (tertiary/aromatic N) is 1. The van der Waals surface area contributed by atoms with E-state index in [1.807, 2.05) is 0 Å². The van der Waals surface area contributed by atoms with Gasteiger partial charge in [0.2, 0.25) is 0 Å². The molecule has 0 aliphatic heterocycles. The summed E-state index contributed by atoms with van der Waals surface area (Å²) in [5.41, 5.74) is 0. The maximum absolute atomic E-state index is 10.3. The third kappa shape index (κ3) is 4.58. The molecule has 0 bridgehead atoms. The van der Waals surface area contributed by atoms with Crippen molar-refractivity contribution in [2.75, 3.05) is 0 Å². The van der Waals surface area contributed by atoms with Gasteiger partial charge in [-0.25, -0.2) is 0 Å². The van der Waals surface area contributed by atoms with Crippen molar-refractivity contribution in [3.8, 4) is 0 Å². The Hall–Kier alpha value is -0.140. The molecule has 0 aromatic carbocycles. The van der Waals surface area contributed by atoms with Gasteiger partial charge < -0.3 is 15.4 Å². The summed E-state index contributed by atoms with van der Waals surface area (Å²) >= 11 is 0. The summed E-state index contributed by atoms with van der Waals surface area (Å²) in [6.07, 6.45) is 0. The number of hydrogen-bond acceptors (Lipinski definition) is 4. The first kappa shape index (κ1) is 15.3. The van der Waals surface area contributed by atoms with Crippen LogP contribution in [0.2, 0.25) is 0 Å². The zero-order chi connectivity index (χ0) is 9.89. The van der Waals surface area contributed by atoms with Crippen molar-refractivity contribution in [2.45, 2.75) is 25.9 Å². The van der Waals surface area contributed by atoms with Crippen LogP contribution in [0.1, 0.15) is 13.8 Å². The van der Waals surface area contributed by atoms with E-state index in [0.717, 1.165) is 0 Å². The Balaban J connectivity index is 0. The van der Waals surface area contributed by atoms with Crippen molar-refractivity contribution in [3.63, 3.8) is 0 Å². The van der Waals surface area contributed by atoms with Crippen LogP contribution in [-0.2, 0) is 9.59 Å². The molecule has 0 aromatic heterocycles. The molecule has 0 aliphatic rings. The fraction of sp³-hybridized carbons (Fsp3) is 0.667. The van der Waals surface area contributed by atoms with E-state index < -0.39 is 24.0 Å². The molecule has 0 fully saturated rings. The Morgan fingerprint density at radius 3 is 1.46 bits per heavy atom. The number of carboxylic acid groups (broad SMARTS) is 2. The minimum absolute atomic E-state index is 0. The van der Waals surface area contributed by atoms with Crippen molar-refractivity contribution in [3.05, 3.63) is 0 Å². The summed E-state index contributed by atoms with van der Waals surface area (Å²) in [6, 6.07) is -2.45. The van der Waals surface area contributed by atoms with Gasteiger partial charge >= 0.3 is 41.5 Å². The fourth-order valence-electron chi connectivity index (χ4n) is 0.562. The van der Waals surface area contributed by atoms with Gasteiger partial charge in [-0.05, 0) is 13.8 Å². The van der Waals surface area contributed by atoms with Crippen LogP contribution >= 0.6 is 0 Å². The molecule has 7 heteroatoms. The van der Waals surface area contributed by atoms with E-state index in [1.165, 1.54) is 13.8 Å². The van der Waals surface area contributed by atoms with Crippen LogP contribution in [0.15, 0.2) is 0 Å². The van der Waals surface area contributed by atoms with Gasteiger partial charge in [0.15, 0.2) is 0 Å². The summed E-state index contributed by atoms with van der Waals surface area (Å²) in [5.74, 6) is -2.55. The van der Waals surface area contributed by atoms with Crippen molar-refractivity contribution < 1.29 is 25.0 Å². The van der Waals surface area contributed by atoms with E-state index >= 15 is 0 Å². The number of rotatable bonds is 4. The Morgan fingerprint density at radius 1 is 1.08 bits per heavy atom. The van der Waals surface area contributed by atoms with E-state index in [1.54, 1.807) is 0 Å². The predicted molar refractivity (Wildman–Crippen MR) is 45.0 cm³/mol. The van der Waals surface area contributed by atoms with Crippen molar-refractivity contribution in [2.24, 2.45) is 0 Å². The number of aliphatic carboxylic acids is 2. The third-order valence-electron chi connectivity index (χ3n) is 1.51. The molecule has 0 spiro atoms. The fourth-order valence-corrected chi connectivity index (χ4v) is 0.562. The van der Waals surface area contributed by atoms with Crippen LogP contribution in [0.5, 0.6) is 0 Å². The van der Waals surface area contributed by atoms with Crippen LogP contribution < -0.4 is 0 Å². The first-order chi connectivity index (χ1) is 5.37. The quantitative estimate of drug-likeness (QED) is 0.397. The van der Waals surface area contributed by atoms with Crippen LogP contribution in [-0.4, -0.2) is 74.1 Å². The molecule has 0 aromatic rings. The SMILES string of the molecule is CC(C(=O)O)N(O)C(C)C(=O)O.[NaH]. The number of carboxylic acids is 2. The van der Waals surface area contributed by atoms with Gasteiger partial charge in [0, 0.05) is 0 Å². The monoisotopic (exact) mass is 201 g/mol. The third-order valence-corrected chi connectivity index (χ3v) is 1.51. The molecule has 0 aliphatic carbocycles. The average molecular weight is 201 g/mol. The van der Waals surface area contributed by atoms with Crippen LogP contribution in [0.25, 0.3) is 0 Å². The maximum atomic E-state index is 10.3. The Labute approximate surface area is 97.4 Å². The second-order valence-corrected chi connectivity index (χ2v) is 2.41. The van der Waals surface area contributed by atoms with Crippen LogP contribution in [0.3, 0.4) is 0 Å². The Morgan fingerprint density at radius 2 is 1.31 bits per heavy atom. The van der Waals surface area contributed by atoms with E-state index in [0.29, 0.717) is 0 Å². The Bertz CT molecular complexity index is 177. The van der Waals surface area contributed by atoms with Gasteiger partial charge in [0.25, 0.3) is 0 Å². The van der Waals surface area contributed by atoms with Crippen molar-refractivity contribution in [1.82, 2.24) is 5.06 Å². The molecule has 0 saturated carbocycles. The van der Waals surface area contributed by atoms with E-state index in [9.17, 15) is 9.59 Å². The molecule has 0 radical (unpaired) electrons. The normalized spacial score (nSPS) is 14.5. The molecule has 0 amide bonds. The minimum atomic E-state index is -1.27. The molecule has 72 valence electrons. The molecular formula is C6H12NNaO5. The molecule has 2 atom stereocenters. The molecule has 0 heterocycles. The van der Waals surface area contributed by atoms with Crippen LogP contribution in [0.4, 0.5) is 0 Å². The summed E-state index contributed by atoms with van der Waals surface area (Å²) in [6.45, 7) is 2.39. The molecular weight excluding hydrogens is 189 g/mol. The first-order valence-corrected chi connectivity index (χ1v) is 3.30. The first-order valence-electron chi connectivity index (χ1n) is 3.30. The summed E-state index contributed by atoms with van der Waals surface area (Å²) in [4.78, 5) is 20.5. The van der Waals surface area contributed by atoms with Gasteiger partial charge in [-0.3, -0.25) is 9.59 Å². The molecule has 6 nitrogen and oxygen atoms in total. The van der Waals surface area contributed by atoms with Gasteiger partial charge in [0.1, 0.15) is 12.1 Å². The molecule has 0 rings (SSSR count). The summed E-state index contributed by atoms with van der Waals surface area (Å²) in [7, 11) is 0. The molecule has 13 heavy (non-hydrogen) atoms. The van der Waals surface area contributed by atoms with Gasteiger partial charge in [-0.2, -0.15) is 5.06 Å². The topological polar surface area (TPSA) is 98.1 Å². The van der Waals surface area contributed by atoms with Crippen LogP contribution in [0, 0.1) is 0 Å². The van der Waals surface area contributed by atoms with Gasteiger partial charge in [0.05, 0.1) is 0 Å². The molecule has 2 unspecified atom stereocenters. The summed E-state index contributed by atoms with van der Waals surface area (Å²) in [5, 5.41) is 26.1. The second-order valence-electron chi connectivity index (χ2n) is 2.41. The predicted octanol–water partition coefficient (Wildman–Crippen LogP) is -1.02. The van der Waals surface area contributed by atoms with Gasteiger partial charge in [-0.1, -0.05) is 0 Å². The Kier molecular flexibility index (Phi) is 7.47. The zero-order valence-electron chi connectivity index (χ0n) is 6.76. The number of hydroxylamine groups is 2. The van der Waals surface area contributed by atoms with Crippen molar-refractivity contribution in [1.29, 1.82) is 0 Å². The number of carbonyl (C=O) groups is 2. The van der Waals surface area contributed by atoms with Crippen molar-refractivity contribution >= 4 is 41.5 Å².